The molecule has 0 unspecified atom stereocenters. The van der Waals surface area contributed by atoms with E-state index in [4.69, 9.17) is 8.94 Å². The zero-order chi connectivity index (χ0) is 9.26. The summed E-state index contributed by atoms with van der Waals surface area (Å²) >= 11 is 0. The van der Waals surface area contributed by atoms with Crippen LogP contribution < -0.4 is 5.32 Å². The van der Waals surface area contributed by atoms with Gasteiger partial charge in [0, 0.05) is 7.05 Å². The van der Waals surface area contributed by atoms with Gasteiger partial charge in [-0.3, -0.25) is 0 Å². The van der Waals surface area contributed by atoms with E-state index in [2.05, 4.69) is 15.5 Å². The standard InChI is InChI=1S/C8H9N3O2/c1-5-6(3-4-12-5)7-10-8(9-2)13-11-7/h3-4H,1-2H3,(H,9,10,11). The van der Waals surface area contributed by atoms with Crippen LogP contribution in [0.2, 0.25) is 0 Å². The fourth-order valence-corrected chi connectivity index (χ4v) is 1.05. The predicted octanol–water partition coefficient (Wildman–Crippen LogP) is 1.68. The minimum atomic E-state index is 0.399. The number of aromatic nitrogens is 2. The van der Waals surface area contributed by atoms with E-state index >= 15 is 0 Å². The van der Waals surface area contributed by atoms with Gasteiger partial charge < -0.3 is 14.3 Å². The first kappa shape index (κ1) is 7.85. The van der Waals surface area contributed by atoms with E-state index < -0.39 is 0 Å². The Morgan fingerprint density at radius 1 is 1.46 bits per heavy atom. The van der Waals surface area contributed by atoms with Crippen LogP contribution in [0.4, 0.5) is 6.01 Å². The molecule has 0 fully saturated rings. The summed E-state index contributed by atoms with van der Waals surface area (Å²) in [7, 11) is 1.72. The summed E-state index contributed by atoms with van der Waals surface area (Å²) in [6.45, 7) is 1.85. The number of anilines is 1. The lowest BCUT2D eigenvalue weighted by atomic mass is 10.2. The average molecular weight is 179 g/mol. The van der Waals surface area contributed by atoms with Gasteiger partial charge in [0.25, 0.3) is 0 Å². The molecule has 0 aliphatic heterocycles. The van der Waals surface area contributed by atoms with E-state index in [1.807, 2.05) is 6.92 Å². The zero-order valence-electron chi connectivity index (χ0n) is 7.37. The van der Waals surface area contributed by atoms with Crippen LogP contribution in [0.5, 0.6) is 0 Å². The molecule has 1 N–H and O–H groups in total. The molecular weight excluding hydrogens is 170 g/mol. The van der Waals surface area contributed by atoms with Gasteiger partial charge in [-0.1, -0.05) is 5.16 Å². The van der Waals surface area contributed by atoms with E-state index in [-0.39, 0.29) is 0 Å². The molecule has 2 aromatic rings. The monoisotopic (exact) mass is 179 g/mol. The molecule has 0 spiro atoms. The van der Waals surface area contributed by atoms with Crippen molar-refractivity contribution in [2.45, 2.75) is 6.92 Å². The summed E-state index contributed by atoms with van der Waals surface area (Å²) in [4.78, 5) is 4.08. The molecule has 0 aliphatic carbocycles. The van der Waals surface area contributed by atoms with Crippen LogP contribution in [-0.2, 0) is 0 Å². The quantitative estimate of drug-likeness (QED) is 0.759. The maximum atomic E-state index is 5.12. The minimum Gasteiger partial charge on any atom is -0.469 e. The molecule has 0 atom stereocenters. The minimum absolute atomic E-state index is 0.399. The van der Waals surface area contributed by atoms with Gasteiger partial charge in [0.2, 0.25) is 5.82 Å². The van der Waals surface area contributed by atoms with Gasteiger partial charge in [0.15, 0.2) is 0 Å². The largest absolute Gasteiger partial charge is 0.469 e. The molecule has 0 aliphatic rings. The van der Waals surface area contributed by atoms with Crippen LogP contribution in [0.1, 0.15) is 5.76 Å². The van der Waals surface area contributed by atoms with Gasteiger partial charge in [-0.15, -0.1) is 0 Å². The number of hydrogen-bond acceptors (Lipinski definition) is 5. The lowest BCUT2D eigenvalue weighted by Crippen LogP contribution is -1.86. The highest BCUT2D eigenvalue weighted by atomic mass is 16.5. The second kappa shape index (κ2) is 2.93. The zero-order valence-corrected chi connectivity index (χ0v) is 7.37. The molecule has 0 radical (unpaired) electrons. The maximum absolute atomic E-state index is 5.12. The molecule has 0 bridgehead atoms. The number of nitrogens with zero attached hydrogens (tertiary/aromatic N) is 2. The van der Waals surface area contributed by atoms with Crippen LogP contribution in [0, 0.1) is 6.92 Å². The highest BCUT2D eigenvalue weighted by Crippen LogP contribution is 2.21. The number of nitrogens with one attached hydrogen (secondary N) is 1. The fourth-order valence-electron chi connectivity index (χ4n) is 1.05. The van der Waals surface area contributed by atoms with Crippen LogP contribution in [0.15, 0.2) is 21.3 Å². The second-order valence-electron chi connectivity index (χ2n) is 2.56. The third-order valence-electron chi connectivity index (χ3n) is 1.74. The molecule has 0 saturated heterocycles. The SMILES string of the molecule is CNc1nc(-c2ccoc2C)no1. The fraction of sp³-hybridized carbons (Fsp3) is 0.250. The van der Waals surface area contributed by atoms with E-state index in [1.54, 1.807) is 19.4 Å². The number of rotatable bonds is 2. The smallest absolute Gasteiger partial charge is 0.321 e. The Kier molecular flexibility index (Phi) is 1.77. The van der Waals surface area contributed by atoms with Crippen molar-refractivity contribution < 1.29 is 8.94 Å². The van der Waals surface area contributed by atoms with E-state index in [9.17, 15) is 0 Å². The van der Waals surface area contributed by atoms with Crippen molar-refractivity contribution >= 4 is 6.01 Å². The summed E-state index contributed by atoms with van der Waals surface area (Å²) in [5.41, 5.74) is 0.852. The van der Waals surface area contributed by atoms with Crippen LogP contribution >= 0.6 is 0 Å². The Labute approximate surface area is 74.7 Å². The number of furan rings is 1. The first-order valence-electron chi connectivity index (χ1n) is 3.87. The summed E-state index contributed by atoms with van der Waals surface area (Å²) < 4.78 is 10.00. The molecular formula is C8H9N3O2. The lowest BCUT2D eigenvalue weighted by Gasteiger charge is -1.87. The van der Waals surface area contributed by atoms with Crippen molar-refractivity contribution in [2.24, 2.45) is 0 Å². The van der Waals surface area contributed by atoms with Gasteiger partial charge in [0.1, 0.15) is 5.76 Å². The van der Waals surface area contributed by atoms with Crippen LogP contribution in [-0.4, -0.2) is 17.2 Å². The van der Waals surface area contributed by atoms with E-state index in [1.165, 1.54) is 0 Å². The highest BCUT2D eigenvalue weighted by Gasteiger charge is 2.11. The molecule has 2 aromatic heterocycles. The van der Waals surface area contributed by atoms with Gasteiger partial charge in [-0.2, -0.15) is 4.98 Å². The van der Waals surface area contributed by atoms with Crippen molar-refractivity contribution in [1.29, 1.82) is 0 Å². The Hall–Kier alpha value is -1.78. The molecule has 0 saturated carbocycles. The Bertz CT molecular complexity index is 405. The Morgan fingerprint density at radius 3 is 2.85 bits per heavy atom. The van der Waals surface area contributed by atoms with Gasteiger partial charge >= 0.3 is 6.01 Å². The Morgan fingerprint density at radius 2 is 2.31 bits per heavy atom. The first-order valence-corrected chi connectivity index (χ1v) is 3.87. The van der Waals surface area contributed by atoms with Crippen molar-refractivity contribution in [1.82, 2.24) is 10.1 Å². The number of aryl methyl sites for hydroxylation is 1. The van der Waals surface area contributed by atoms with E-state index in [0.29, 0.717) is 11.8 Å². The van der Waals surface area contributed by atoms with Gasteiger partial charge in [-0.05, 0) is 13.0 Å². The molecule has 0 amide bonds. The molecule has 0 aromatic carbocycles. The van der Waals surface area contributed by atoms with E-state index in [0.717, 1.165) is 11.3 Å². The third-order valence-corrected chi connectivity index (χ3v) is 1.74. The normalized spacial score (nSPS) is 10.3. The highest BCUT2D eigenvalue weighted by molar-refractivity contribution is 5.57. The molecule has 68 valence electrons. The van der Waals surface area contributed by atoms with Crippen molar-refractivity contribution in [3.63, 3.8) is 0 Å². The third kappa shape index (κ3) is 1.28. The van der Waals surface area contributed by atoms with Gasteiger partial charge in [-0.25, -0.2) is 0 Å². The van der Waals surface area contributed by atoms with Gasteiger partial charge in [0.05, 0.1) is 11.8 Å². The molecule has 5 heteroatoms. The molecule has 5 nitrogen and oxygen atoms in total. The predicted molar refractivity (Wildman–Crippen MR) is 46.3 cm³/mol. The lowest BCUT2D eigenvalue weighted by molar-refractivity contribution is 0.434. The van der Waals surface area contributed by atoms with Crippen molar-refractivity contribution in [2.75, 3.05) is 12.4 Å². The number of hydrogen-bond donors (Lipinski definition) is 1. The average Bonchev–Trinajstić information content (AvgIpc) is 2.71. The summed E-state index contributed by atoms with van der Waals surface area (Å²) in [5, 5.41) is 6.54. The summed E-state index contributed by atoms with van der Waals surface area (Å²) in [6.07, 6.45) is 1.60. The first-order chi connectivity index (χ1) is 6.31. The van der Waals surface area contributed by atoms with Crippen LogP contribution in [0.3, 0.4) is 0 Å². The maximum Gasteiger partial charge on any atom is 0.321 e. The molecule has 13 heavy (non-hydrogen) atoms. The topological polar surface area (TPSA) is 64.1 Å². The molecule has 2 heterocycles. The van der Waals surface area contributed by atoms with Crippen molar-refractivity contribution in [3.05, 3.63) is 18.1 Å². The summed E-state index contributed by atoms with van der Waals surface area (Å²) in [5.74, 6) is 1.32. The van der Waals surface area contributed by atoms with Crippen LogP contribution in [0.25, 0.3) is 11.4 Å². The second-order valence-corrected chi connectivity index (χ2v) is 2.56. The van der Waals surface area contributed by atoms with Crippen molar-refractivity contribution in [3.8, 4) is 11.4 Å². The Balaban J connectivity index is 2.41. The molecule has 2 rings (SSSR count). The summed E-state index contributed by atoms with van der Waals surface area (Å²) in [6, 6.07) is 2.20.